The highest BCUT2D eigenvalue weighted by Crippen LogP contribution is 2.17. The average Bonchev–Trinajstić information content (AvgIpc) is 2.43. The minimum atomic E-state index is -0.632. The second-order valence-electron chi connectivity index (χ2n) is 1.76. The number of hydrogen-bond acceptors (Lipinski definition) is 4. The van der Waals surface area contributed by atoms with E-state index in [2.05, 4.69) is 4.99 Å². The van der Waals surface area contributed by atoms with Crippen LogP contribution in [-0.4, -0.2) is 17.3 Å². The van der Waals surface area contributed by atoms with Crippen molar-refractivity contribution in [3.63, 3.8) is 0 Å². The fourth-order valence-corrected chi connectivity index (χ4v) is 1.51. The van der Waals surface area contributed by atoms with Crippen molar-refractivity contribution in [3.05, 3.63) is 0 Å². The van der Waals surface area contributed by atoms with Gasteiger partial charge in [-0.05, 0) is 0 Å². The quantitative estimate of drug-likeness (QED) is 0.556. The second-order valence-corrected chi connectivity index (χ2v) is 2.87. The maximum atomic E-state index is 8.42. The highest BCUT2D eigenvalue weighted by Gasteiger charge is 2.17. The minimum absolute atomic E-state index is 0.632. The van der Waals surface area contributed by atoms with Crippen molar-refractivity contribution < 1.29 is 0 Å². The SMILES string of the molecule is N#CC(C#N)C1=NCCS1. The van der Waals surface area contributed by atoms with E-state index in [1.807, 2.05) is 12.1 Å². The third kappa shape index (κ3) is 1.29. The zero-order chi connectivity index (χ0) is 7.40. The third-order valence-electron chi connectivity index (χ3n) is 1.11. The van der Waals surface area contributed by atoms with E-state index < -0.39 is 5.92 Å². The summed E-state index contributed by atoms with van der Waals surface area (Å²) >= 11 is 1.50. The first-order valence-electron chi connectivity index (χ1n) is 2.85. The molecule has 1 rings (SSSR count). The molecule has 0 unspecified atom stereocenters. The van der Waals surface area contributed by atoms with Gasteiger partial charge < -0.3 is 0 Å². The Bertz CT molecular complexity index is 218. The molecular formula is C6H5N3S. The Morgan fingerprint density at radius 1 is 1.50 bits per heavy atom. The van der Waals surface area contributed by atoms with E-state index in [4.69, 9.17) is 10.5 Å². The van der Waals surface area contributed by atoms with Crippen LogP contribution in [0.1, 0.15) is 0 Å². The Balaban J connectivity index is 2.66. The Hall–Kier alpha value is -1.000. The molecule has 0 aromatic heterocycles. The number of nitriles is 2. The lowest BCUT2D eigenvalue weighted by Gasteiger charge is -1.94. The lowest BCUT2D eigenvalue weighted by molar-refractivity contribution is 1.12. The molecule has 1 aliphatic rings. The molecule has 0 aliphatic carbocycles. The number of rotatable bonds is 1. The molecule has 0 saturated heterocycles. The number of nitrogens with zero attached hydrogens (tertiary/aromatic N) is 3. The van der Waals surface area contributed by atoms with Crippen molar-refractivity contribution >= 4 is 16.8 Å². The summed E-state index contributed by atoms with van der Waals surface area (Å²) in [5.74, 6) is 0.280. The van der Waals surface area contributed by atoms with E-state index in [-0.39, 0.29) is 0 Å². The first kappa shape index (κ1) is 7.11. The van der Waals surface area contributed by atoms with Crippen LogP contribution in [0.15, 0.2) is 4.99 Å². The molecule has 1 heterocycles. The molecule has 1 aliphatic heterocycles. The monoisotopic (exact) mass is 151 g/mol. The van der Waals surface area contributed by atoms with Crippen LogP contribution in [0.25, 0.3) is 0 Å². The van der Waals surface area contributed by atoms with Crippen LogP contribution in [0.2, 0.25) is 0 Å². The summed E-state index contributed by atoms with van der Waals surface area (Å²) < 4.78 is 0. The maximum absolute atomic E-state index is 8.42. The van der Waals surface area contributed by atoms with Crippen LogP contribution in [0.3, 0.4) is 0 Å². The van der Waals surface area contributed by atoms with Gasteiger partial charge in [0.05, 0.1) is 17.2 Å². The summed E-state index contributed by atoms with van der Waals surface area (Å²) in [6.45, 7) is 0.750. The van der Waals surface area contributed by atoms with Crippen molar-refractivity contribution in [1.82, 2.24) is 0 Å². The van der Waals surface area contributed by atoms with E-state index in [0.717, 1.165) is 12.3 Å². The highest BCUT2D eigenvalue weighted by molar-refractivity contribution is 8.14. The summed E-state index contributed by atoms with van der Waals surface area (Å²) in [6, 6.07) is 3.76. The normalized spacial score (nSPS) is 16.1. The zero-order valence-electron chi connectivity index (χ0n) is 5.24. The van der Waals surface area contributed by atoms with Crippen molar-refractivity contribution in [2.24, 2.45) is 10.9 Å². The van der Waals surface area contributed by atoms with Crippen LogP contribution in [-0.2, 0) is 0 Å². The fraction of sp³-hybridized carbons (Fsp3) is 0.500. The molecule has 50 valence electrons. The molecule has 3 nitrogen and oxygen atoms in total. The molecule has 10 heavy (non-hydrogen) atoms. The Morgan fingerprint density at radius 3 is 2.60 bits per heavy atom. The summed E-state index contributed by atoms with van der Waals surface area (Å²) in [7, 11) is 0. The molecule has 0 atom stereocenters. The first-order chi connectivity index (χ1) is 4.88. The van der Waals surface area contributed by atoms with E-state index >= 15 is 0 Å². The highest BCUT2D eigenvalue weighted by atomic mass is 32.2. The van der Waals surface area contributed by atoms with Gasteiger partial charge in [-0.25, -0.2) is 0 Å². The molecule has 0 aromatic rings. The predicted molar refractivity (Wildman–Crippen MR) is 39.5 cm³/mol. The van der Waals surface area contributed by atoms with Gasteiger partial charge in [0.1, 0.15) is 0 Å². The molecule has 0 spiro atoms. The topological polar surface area (TPSA) is 59.9 Å². The molecule has 0 radical (unpaired) electrons. The van der Waals surface area contributed by atoms with Gasteiger partial charge in [-0.1, -0.05) is 0 Å². The lowest BCUT2D eigenvalue weighted by atomic mass is 10.2. The van der Waals surface area contributed by atoms with Gasteiger partial charge in [0.15, 0.2) is 5.92 Å². The van der Waals surface area contributed by atoms with Gasteiger partial charge >= 0.3 is 0 Å². The van der Waals surface area contributed by atoms with Crippen LogP contribution < -0.4 is 0 Å². The third-order valence-corrected chi connectivity index (χ3v) is 2.16. The summed E-state index contributed by atoms with van der Waals surface area (Å²) in [5, 5.41) is 17.5. The van der Waals surface area contributed by atoms with Crippen molar-refractivity contribution in [1.29, 1.82) is 10.5 Å². The number of hydrogen-bond donors (Lipinski definition) is 0. The lowest BCUT2D eigenvalue weighted by Crippen LogP contribution is -2.03. The van der Waals surface area contributed by atoms with E-state index in [9.17, 15) is 0 Å². The molecule has 0 bridgehead atoms. The van der Waals surface area contributed by atoms with Crippen molar-refractivity contribution in [2.75, 3.05) is 12.3 Å². The predicted octanol–water partition coefficient (Wildman–Crippen LogP) is 0.795. The molecular weight excluding hydrogens is 146 g/mol. The first-order valence-corrected chi connectivity index (χ1v) is 3.83. The van der Waals surface area contributed by atoms with Gasteiger partial charge in [0.2, 0.25) is 0 Å². The van der Waals surface area contributed by atoms with E-state index in [1.165, 1.54) is 11.8 Å². The minimum Gasteiger partial charge on any atom is -0.279 e. The average molecular weight is 151 g/mol. The van der Waals surface area contributed by atoms with Gasteiger partial charge in [-0.2, -0.15) is 10.5 Å². The summed E-state index contributed by atoms with van der Waals surface area (Å²) in [6.07, 6.45) is 0. The Morgan fingerprint density at radius 2 is 2.20 bits per heavy atom. The molecule has 4 heteroatoms. The molecule has 0 amide bonds. The largest absolute Gasteiger partial charge is 0.279 e. The maximum Gasteiger partial charge on any atom is 0.180 e. The Labute approximate surface area is 63.4 Å². The van der Waals surface area contributed by atoms with Gasteiger partial charge in [-0.3, -0.25) is 4.99 Å². The van der Waals surface area contributed by atoms with Crippen molar-refractivity contribution in [2.45, 2.75) is 0 Å². The molecule has 0 fully saturated rings. The summed E-state index contributed by atoms with van der Waals surface area (Å²) in [5.41, 5.74) is 0. The number of aliphatic imine (C=N–C) groups is 1. The fourth-order valence-electron chi connectivity index (χ4n) is 0.666. The molecule has 0 saturated carbocycles. The van der Waals surface area contributed by atoms with Crippen molar-refractivity contribution in [3.8, 4) is 12.1 Å². The zero-order valence-corrected chi connectivity index (χ0v) is 6.06. The van der Waals surface area contributed by atoms with Crippen LogP contribution in [0.5, 0.6) is 0 Å². The van der Waals surface area contributed by atoms with E-state index in [1.54, 1.807) is 0 Å². The standard InChI is InChI=1S/C6H5N3S/c7-3-5(4-8)6-9-1-2-10-6/h5H,1-2H2. The molecule has 0 N–H and O–H groups in total. The van der Waals surface area contributed by atoms with Gasteiger partial charge in [-0.15, -0.1) is 11.8 Å². The van der Waals surface area contributed by atoms with E-state index in [0.29, 0.717) is 5.04 Å². The van der Waals surface area contributed by atoms with Crippen LogP contribution in [0, 0.1) is 28.6 Å². The molecule has 0 aromatic carbocycles. The smallest absolute Gasteiger partial charge is 0.180 e. The second kappa shape index (κ2) is 3.24. The summed E-state index contributed by atoms with van der Waals surface area (Å²) in [4.78, 5) is 4.01. The van der Waals surface area contributed by atoms with Crippen LogP contribution in [0.4, 0.5) is 0 Å². The Kier molecular flexibility index (Phi) is 2.30. The number of thioether (sulfide) groups is 1. The van der Waals surface area contributed by atoms with Gasteiger partial charge in [0, 0.05) is 12.3 Å². The van der Waals surface area contributed by atoms with Crippen LogP contribution >= 0.6 is 11.8 Å². The van der Waals surface area contributed by atoms with Gasteiger partial charge in [0.25, 0.3) is 0 Å².